The number of carbonyl (C=O) groups excluding carboxylic acids is 2. The number of aliphatic carboxylic acids is 1. The van der Waals surface area contributed by atoms with E-state index in [0.717, 1.165) is 37.0 Å². The van der Waals surface area contributed by atoms with E-state index in [4.69, 9.17) is 0 Å². The smallest absolute Gasteiger partial charge is 0.326 e. The molecule has 0 radical (unpaired) electrons. The zero-order valence-corrected chi connectivity index (χ0v) is 27.5. The minimum absolute atomic E-state index is 0.0981. The van der Waals surface area contributed by atoms with E-state index < -0.39 is 24.0 Å². The van der Waals surface area contributed by atoms with E-state index in [1.165, 1.54) is 44.9 Å². The fourth-order valence-corrected chi connectivity index (χ4v) is 10.5. The number of hydrogen-bond donors (Lipinski definition) is 4. The lowest BCUT2D eigenvalue weighted by Gasteiger charge is -2.61. The predicted molar refractivity (Wildman–Crippen MR) is 165 cm³/mol. The Morgan fingerprint density at radius 3 is 2.17 bits per heavy atom. The summed E-state index contributed by atoms with van der Waals surface area (Å²) in [6.07, 6.45) is 12.6. The molecule has 0 saturated heterocycles. The van der Waals surface area contributed by atoms with Crippen LogP contribution in [0.15, 0.2) is 0 Å². The van der Waals surface area contributed by atoms with E-state index >= 15 is 0 Å². The molecule has 0 bridgehead atoms. The van der Waals surface area contributed by atoms with Gasteiger partial charge in [-0.05, 0) is 122 Å². The molecular formula is C35H60N2O5. The highest BCUT2D eigenvalue weighted by molar-refractivity contribution is 5.90. The van der Waals surface area contributed by atoms with Crippen molar-refractivity contribution < 1.29 is 24.6 Å². The second-order valence-corrected chi connectivity index (χ2v) is 15.8. The molecule has 42 heavy (non-hydrogen) atoms. The Balaban J connectivity index is 1.33. The molecule has 0 heterocycles. The molecule has 0 aromatic heterocycles. The van der Waals surface area contributed by atoms with Gasteiger partial charge in [-0.2, -0.15) is 0 Å². The summed E-state index contributed by atoms with van der Waals surface area (Å²) in [4.78, 5) is 37.9. The molecule has 2 amide bonds. The largest absolute Gasteiger partial charge is 0.480 e. The third-order valence-corrected chi connectivity index (χ3v) is 13.3. The topological polar surface area (TPSA) is 116 Å². The van der Waals surface area contributed by atoms with E-state index in [2.05, 4.69) is 31.4 Å². The van der Waals surface area contributed by atoms with Gasteiger partial charge < -0.3 is 20.8 Å². The van der Waals surface area contributed by atoms with Gasteiger partial charge in [0.25, 0.3) is 0 Å². The number of nitrogens with one attached hydrogen (secondary N) is 2. The van der Waals surface area contributed by atoms with Gasteiger partial charge >= 0.3 is 5.97 Å². The number of carboxylic acid groups (broad SMARTS) is 1. The molecule has 0 aromatic carbocycles. The van der Waals surface area contributed by atoms with Crippen LogP contribution in [0.3, 0.4) is 0 Å². The monoisotopic (exact) mass is 588 g/mol. The summed E-state index contributed by atoms with van der Waals surface area (Å²) in [6.45, 7) is 14.9. The standard InChI is InChI=1S/C35H60N2O5/c1-8-21(4)31(33(41)42)37-32(40)30(20(2)3)36-29(39)14-9-22(5)26-12-13-27-25-11-10-23-19-24(38)15-17-34(23,6)28(25)16-18-35(26,27)7/h20-28,30-31,38H,8-19H2,1-7H3,(H,36,39)(H,37,40)(H,41,42)/t21-,22-,23-,24-,25+,26-,27+,28+,30+,31+,34+,35-/m1/s1. The lowest BCUT2D eigenvalue weighted by molar-refractivity contribution is -0.144. The van der Waals surface area contributed by atoms with Crippen LogP contribution >= 0.6 is 0 Å². The van der Waals surface area contributed by atoms with Crippen LogP contribution in [0, 0.1) is 58.2 Å². The van der Waals surface area contributed by atoms with E-state index in [1.807, 2.05) is 27.7 Å². The van der Waals surface area contributed by atoms with Crippen LogP contribution in [0.5, 0.6) is 0 Å². The number of amides is 2. The van der Waals surface area contributed by atoms with Crippen LogP contribution < -0.4 is 10.6 Å². The molecule has 7 heteroatoms. The van der Waals surface area contributed by atoms with Gasteiger partial charge in [0.2, 0.25) is 11.8 Å². The first-order valence-corrected chi connectivity index (χ1v) is 17.2. The first-order valence-electron chi connectivity index (χ1n) is 17.2. The maximum absolute atomic E-state index is 13.1. The van der Waals surface area contributed by atoms with Crippen molar-refractivity contribution >= 4 is 17.8 Å². The van der Waals surface area contributed by atoms with Crippen molar-refractivity contribution in [3.8, 4) is 0 Å². The Morgan fingerprint density at radius 1 is 0.857 bits per heavy atom. The molecule has 4 aliphatic rings. The summed E-state index contributed by atoms with van der Waals surface area (Å²) in [5.74, 6) is 2.17. The average molecular weight is 589 g/mol. The van der Waals surface area contributed by atoms with Crippen LogP contribution in [0.1, 0.15) is 126 Å². The lowest BCUT2D eigenvalue weighted by atomic mass is 9.44. The van der Waals surface area contributed by atoms with Crippen LogP contribution in [0.25, 0.3) is 0 Å². The normalized spacial score (nSPS) is 38.8. The minimum atomic E-state index is -1.04. The second kappa shape index (κ2) is 13.2. The van der Waals surface area contributed by atoms with E-state index in [9.17, 15) is 24.6 Å². The Morgan fingerprint density at radius 2 is 1.52 bits per heavy atom. The minimum Gasteiger partial charge on any atom is -0.480 e. The molecule has 12 atom stereocenters. The van der Waals surface area contributed by atoms with Gasteiger partial charge in [-0.1, -0.05) is 54.9 Å². The number of rotatable bonds is 11. The maximum atomic E-state index is 13.1. The Bertz CT molecular complexity index is 984. The number of hydrogen-bond acceptors (Lipinski definition) is 4. The highest BCUT2D eigenvalue weighted by Crippen LogP contribution is 2.68. The number of fused-ring (bicyclic) bond motifs is 5. The fourth-order valence-electron chi connectivity index (χ4n) is 10.5. The number of aliphatic hydroxyl groups excluding tert-OH is 1. The molecule has 240 valence electrons. The summed E-state index contributed by atoms with van der Waals surface area (Å²) in [5, 5.41) is 25.6. The lowest BCUT2D eigenvalue weighted by Crippen LogP contribution is -2.55. The summed E-state index contributed by atoms with van der Waals surface area (Å²) in [5.41, 5.74) is 0.722. The molecule has 7 nitrogen and oxygen atoms in total. The van der Waals surface area contributed by atoms with Crippen molar-refractivity contribution in [1.82, 2.24) is 10.6 Å². The predicted octanol–water partition coefficient (Wildman–Crippen LogP) is 6.18. The third-order valence-electron chi connectivity index (χ3n) is 13.3. The summed E-state index contributed by atoms with van der Waals surface area (Å²) >= 11 is 0. The van der Waals surface area contributed by atoms with E-state index in [1.54, 1.807) is 0 Å². The summed E-state index contributed by atoms with van der Waals surface area (Å²) < 4.78 is 0. The highest BCUT2D eigenvalue weighted by Gasteiger charge is 2.60. The number of carbonyl (C=O) groups is 3. The number of carboxylic acids is 1. The van der Waals surface area contributed by atoms with Crippen LogP contribution in [0.2, 0.25) is 0 Å². The molecule has 0 spiro atoms. The maximum Gasteiger partial charge on any atom is 0.326 e. The SMILES string of the molecule is CC[C@@H](C)[C@H](NC(=O)[C@@H](NC(=O)CC[C@@H](C)[C@H]1CC[C@H]2[C@@H]3CC[C@@H]4C[C@H](O)CC[C@]4(C)[C@H]3CC[C@]12C)C(C)C)C(=O)O. The van der Waals surface area contributed by atoms with Crippen LogP contribution in [-0.2, 0) is 14.4 Å². The van der Waals surface area contributed by atoms with Gasteiger partial charge in [0.05, 0.1) is 6.10 Å². The van der Waals surface area contributed by atoms with Gasteiger partial charge in [0.15, 0.2) is 0 Å². The first kappa shape index (κ1) is 33.3. The van der Waals surface area contributed by atoms with Crippen molar-refractivity contribution in [1.29, 1.82) is 0 Å². The zero-order chi connectivity index (χ0) is 31.0. The van der Waals surface area contributed by atoms with Crippen molar-refractivity contribution in [3.05, 3.63) is 0 Å². The van der Waals surface area contributed by atoms with E-state index in [-0.39, 0.29) is 23.8 Å². The average Bonchev–Trinajstić information content (AvgIpc) is 3.30. The van der Waals surface area contributed by atoms with Crippen molar-refractivity contribution in [3.63, 3.8) is 0 Å². The molecule has 0 unspecified atom stereocenters. The van der Waals surface area contributed by atoms with Crippen molar-refractivity contribution in [2.75, 3.05) is 0 Å². The molecule has 0 aromatic rings. The van der Waals surface area contributed by atoms with Gasteiger partial charge in [-0.3, -0.25) is 9.59 Å². The number of aliphatic hydroxyl groups is 1. The third kappa shape index (κ3) is 6.42. The van der Waals surface area contributed by atoms with Gasteiger partial charge in [0, 0.05) is 6.42 Å². The molecule has 4 N–H and O–H groups in total. The Kier molecular flexibility index (Phi) is 10.4. The molecule has 4 saturated carbocycles. The van der Waals surface area contributed by atoms with Gasteiger partial charge in [-0.25, -0.2) is 4.79 Å². The molecule has 0 aliphatic heterocycles. The Hall–Kier alpha value is -1.63. The van der Waals surface area contributed by atoms with Gasteiger partial charge in [-0.15, -0.1) is 0 Å². The highest BCUT2D eigenvalue weighted by atomic mass is 16.4. The molecule has 4 fully saturated rings. The Labute approximate surface area is 254 Å². The van der Waals surface area contributed by atoms with E-state index in [0.29, 0.717) is 41.4 Å². The van der Waals surface area contributed by atoms with Crippen molar-refractivity contribution in [2.24, 2.45) is 58.2 Å². The quantitative estimate of drug-likeness (QED) is 0.230. The zero-order valence-electron chi connectivity index (χ0n) is 27.5. The van der Waals surface area contributed by atoms with Gasteiger partial charge in [0.1, 0.15) is 12.1 Å². The van der Waals surface area contributed by atoms with Crippen molar-refractivity contribution in [2.45, 2.75) is 144 Å². The second-order valence-electron chi connectivity index (χ2n) is 15.8. The van der Waals surface area contributed by atoms with Crippen LogP contribution in [0.4, 0.5) is 0 Å². The molecular weight excluding hydrogens is 528 g/mol. The fraction of sp³-hybridized carbons (Fsp3) is 0.914. The first-order chi connectivity index (χ1) is 19.7. The van der Waals surface area contributed by atoms with Crippen LogP contribution in [-0.4, -0.2) is 46.2 Å². The molecule has 4 aliphatic carbocycles. The molecule has 4 rings (SSSR count). The summed E-state index contributed by atoms with van der Waals surface area (Å²) in [6, 6.07) is -1.71. The summed E-state index contributed by atoms with van der Waals surface area (Å²) in [7, 11) is 0.